The summed E-state index contributed by atoms with van der Waals surface area (Å²) >= 11 is 5.87. The van der Waals surface area contributed by atoms with Crippen molar-refractivity contribution in [2.45, 2.75) is 6.42 Å². The van der Waals surface area contributed by atoms with Crippen molar-refractivity contribution in [3.05, 3.63) is 64.4 Å². The largest absolute Gasteiger partial charge is 0.326 e. The number of amides is 1. The summed E-state index contributed by atoms with van der Waals surface area (Å²) in [6.45, 7) is 0. The number of nitrogens with one attached hydrogen (secondary N) is 1. The fourth-order valence-corrected chi connectivity index (χ4v) is 1.94. The molecule has 5 heteroatoms. The summed E-state index contributed by atoms with van der Waals surface area (Å²) in [6, 6.07) is 12.4. The maximum Gasteiger partial charge on any atom is 0.228 e. The topological polar surface area (TPSA) is 52.9 Å². The third kappa shape index (κ3) is 3.56. The Balaban J connectivity index is 2.05. The number of hydrogen-bond donors (Lipinski definition) is 1. The van der Waals surface area contributed by atoms with Crippen molar-refractivity contribution < 1.29 is 9.18 Å². The van der Waals surface area contributed by atoms with Gasteiger partial charge in [0.15, 0.2) is 0 Å². The molecule has 3 nitrogen and oxygen atoms in total. The molecule has 0 unspecified atom stereocenters. The van der Waals surface area contributed by atoms with Gasteiger partial charge < -0.3 is 5.32 Å². The highest BCUT2D eigenvalue weighted by molar-refractivity contribution is 6.32. The van der Waals surface area contributed by atoms with Gasteiger partial charge in [0.25, 0.3) is 0 Å². The number of carbonyl (C=O) groups is 1. The Bertz CT molecular complexity index is 695. The Hall–Kier alpha value is -2.38. The number of benzene rings is 2. The molecule has 0 aliphatic rings. The van der Waals surface area contributed by atoms with E-state index in [0.29, 0.717) is 16.8 Å². The lowest BCUT2D eigenvalue weighted by atomic mass is 10.1. The van der Waals surface area contributed by atoms with E-state index in [0.717, 1.165) is 0 Å². The van der Waals surface area contributed by atoms with Crippen LogP contribution in [0.5, 0.6) is 0 Å². The summed E-state index contributed by atoms with van der Waals surface area (Å²) in [5.74, 6) is -0.659. The molecule has 0 heterocycles. The Kier molecular flexibility index (Phi) is 4.34. The van der Waals surface area contributed by atoms with Crippen molar-refractivity contribution in [1.82, 2.24) is 0 Å². The number of rotatable bonds is 3. The van der Waals surface area contributed by atoms with Gasteiger partial charge in [0.05, 0.1) is 17.0 Å². The molecule has 0 spiro atoms. The minimum absolute atomic E-state index is 0.0649. The Labute approximate surface area is 120 Å². The lowest BCUT2D eigenvalue weighted by molar-refractivity contribution is -0.115. The quantitative estimate of drug-likeness (QED) is 0.939. The molecule has 0 saturated carbocycles. The molecule has 1 N–H and O–H groups in total. The lowest BCUT2D eigenvalue weighted by Crippen LogP contribution is -2.14. The van der Waals surface area contributed by atoms with Crippen molar-refractivity contribution in [2.75, 3.05) is 5.32 Å². The summed E-state index contributed by atoms with van der Waals surface area (Å²) in [7, 11) is 0. The summed E-state index contributed by atoms with van der Waals surface area (Å²) in [4.78, 5) is 11.8. The second-order valence-corrected chi connectivity index (χ2v) is 4.57. The number of nitrogens with zero attached hydrogens (tertiary/aromatic N) is 1. The van der Waals surface area contributed by atoms with Gasteiger partial charge in [-0.15, -0.1) is 0 Å². The Morgan fingerprint density at radius 3 is 2.75 bits per heavy atom. The average Bonchev–Trinajstić information content (AvgIpc) is 2.38. The minimum Gasteiger partial charge on any atom is -0.326 e. The molecule has 2 rings (SSSR count). The smallest absolute Gasteiger partial charge is 0.228 e. The summed E-state index contributed by atoms with van der Waals surface area (Å²) in [6.07, 6.45) is 0.0649. The maximum absolute atomic E-state index is 13.0. The van der Waals surface area contributed by atoms with Gasteiger partial charge >= 0.3 is 0 Å². The second kappa shape index (κ2) is 6.18. The number of anilines is 1. The molecular weight excluding hydrogens is 279 g/mol. The first-order valence-electron chi connectivity index (χ1n) is 5.82. The van der Waals surface area contributed by atoms with Gasteiger partial charge in [-0.1, -0.05) is 23.7 Å². The van der Waals surface area contributed by atoms with Gasteiger partial charge in [0, 0.05) is 5.69 Å². The van der Waals surface area contributed by atoms with E-state index in [1.54, 1.807) is 18.2 Å². The molecule has 1 amide bonds. The average molecular weight is 289 g/mol. The van der Waals surface area contributed by atoms with Crippen LogP contribution in [0.4, 0.5) is 10.1 Å². The first-order valence-corrected chi connectivity index (χ1v) is 6.20. The molecule has 20 heavy (non-hydrogen) atoms. The van der Waals surface area contributed by atoms with E-state index < -0.39 is 0 Å². The number of nitriles is 1. The van der Waals surface area contributed by atoms with Crippen molar-refractivity contribution in [1.29, 1.82) is 5.26 Å². The van der Waals surface area contributed by atoms with Gasteiger partial charge in [-0.25, -0.2) is 4.39 Å². The standard InChI is InChI=1S/C15H10ClFN2O/c16-14-8-13(5-4-11(14)9-18)19-15(20)7-10-2-1-3-12(17)6-10/h1-6,8H,7H2,(H,19,20). The molecule has 0 atom stereocenters. The van der Waals surface area contributed by atoms with Crippen molar-refractivity contribution in [3.8, 4) is 6.07 Å². The lowest BCUT2D eigenvalue weighted by Gasteiger charge is -2.06. The zero-order chi connectivity index (χ0) is 14.5. The molecule has 2 aromatic rings. The molecule has 0 aromatic heterocycles. The minimum atomic E-state index is -0.378. The van der Waals surface area contributed by atoms with Crippen LogP contribution in [0.15, 0.2) is 42.5 Å². The van der Waals surface area contributed by atoms with Crippen molar-refractivity contribution in [2.24, 2.45) is 0 Å². The van der Waals surface area contributed by atoms with E-state index >= 15 is 0 Å². The van der Waals surface area contributed by atoms with E-state index in [-0.39, 0.29) is 23.2 Å². The second-order valence-electron chi connectivity index (χ2n) is 4.16. The molecule has 0 aliphatic heterocycles. The van der Waals surface area contributed by atoms with Crippen molar-refractivity contribution >= 4 is 23.2 Å². The summed E-state index contributed by atoms with van der Waals surface area (Å²) in [5.41, 5.74) is 1.42. The fraction of sp³-hybridized carbons (Fsp3) is 0.0667. The first-order chi connectivity index (χ1) is 9.58. The van der Waals surface area contributed by atoms with Crippen LogP contribution in [0, 0.1) is 17.1 Å². The first kappa shape index (κ1) is 14.0. The molecule has 0 bridgehead atoms. The molecular formula is C15H10ClFN2O. The van der Waals surface area contributed by atoms with Gasteiger partial charge in [-0.2, -0.15) is 5.26 Å². The van der Waals surface area contributed by atoms with Gasteiger partial charge in [-0.3, -0.25) is 4.79 Å². The predicted octanol–water partition coefficient (Wildman–Crippen LogP) is 3.53. The maximum atomic E-state index is 13.0. The van der Waals surface area contributed by atoms with E-state index in [9.17, 15) is 9.18 Å². The highest BCUT2D eigenvalue weighted by atomic mass is 35.5. The zero-order valence-electron chi connectivity index (χ0n) is 10.4. The van der Waals surface area contributed by atoms with Gasteiger partial charge in [-0.05, 0) is 35.9 Å². The number of halogens is 2. The van der Waals surface area contributed by atoms with Gasteiger partial charge in [0.2, 0.25) is 5.91 Å². The monoisotopic (exact) mass is 288 g/mol. The SMILES string of the molecule is N#Cc1ccc(NC(=O)Cc2cccc(F)c2)cc1Cl. The third-order valence-electron chi connectivity index (χ3n) is 2.63. The van der Waals surface area contributed by atoms with Crippen LogP contribution in [0.1, 0.15) is 11.1 Å². The number of carbonyl (C=O) groups excluding carboxylic acids is 1. The van der Waals surface area contributed by atoms with Crippen molar-refractivity contribution in [3.63, 3.8) is 0 Å². The molecule has 100 valence electrons. The van der Waals surface area contributed by atoms with Crippen LogP contribution >= 0.6 is 11.6 Å². The molecule has 0 saturated heterocycles. The predicted molar refractivity (Wildman–Crippen MR) is 74.9 cm³/mol. The van der Waals surface area contributed by atoms with Crippen LogP contribution in [0.25, 0.3) is 0 Å². The normalized spacial score (nSPS) is 9.85. The van der Waals surface area contributed by atoms with Crippen LogP contribution in [-0.2, 0) is 11.2 Å². The van der Waals surface area contributed by atoms with E-state index in [1.807, 2.05) is 6.07 Å². The molecule has 0 aliphatic carbocycles. The highest BCUT2D eigenvalue weighted by Gasteiger charge is 2.07. The van der Waals surface area contributed by atoms with Gasteiger partial charge in [0.1, 0.15) is 11.9 Å². The zero-order valence-corrected chi connectivity index (χ0v) is 11.1. The highest BCUT2D eigenvalue weighted by Crippen LogP contribution is 2.20. The third-order valence-corrected chi connectivity index (χ3v) is 2.94. The van der Waals surface area contributed by atoms with Crippen LogP contribution in [0.2, 0.25) is 5.02 Å². The van der Waals surface area contributed by atoms with Crippen LogP contribution < -0.4 is 5.32 Å². The van der Waals surface area contributed by atoms with Crippen LogP contribution in [-0.4, -0.2) is 5.91 Å². The summed E-state index contributed by atoms with van der Waals surface area (Å²) in [5, 5.41) is 11.7. The number of hydrogen-bond acceptors (Lipinski definition) is 2. The Morgan fingerprint density at radius 1 is 1.30 bits per heavy atom. The Morgan fingerprint density at radius 2 is 2.10 bits per heavy atom. The fourth-order valence-electron chi connectivity index (χ4n) is 1.72. The van der Waals surface area contributed by atoms with E-state index in [2.05, 4.69) is 5.32 Å². The van der Waals surface area contributed by atoms with E-state index in [4.69, 9.17) is 16.9 Å². The van der Waals surface area contributed by atoms with E-state index in [1.165, 1.54) is 24.3 Å². The molecule has 0 radical (unpaired) electrons. The molecule has 2 aromatic carbocycles. The van der Waals surface area contributed by atoms with Crippen LogP contribution in [0.3, 0.4) is 0 Å². The summed E-state index contributed by atoms with van der Waals surface area (Å²) < 4.78 is 13.0. The molecule has 0 fully saturated rings.